The third kappa shape index (κ3) is 6.76. The monoisotopic (exact) mass is 571 g/mol. The number of aromatic nitrogens is 2. The first kappa shape index (κ1) is 27.9. The molecule has 10 nitrogen and oxygen atoms in total. The Bertz CT molecular complexity index is 1260. The standard InChI is InChI=1S/C19H13Cl2F6N7O3/c20-11-3-8(18(22,23)24)5-29-13(11)28-1-2-34-16(36)10(15(35)32-17(34)37)7-31-33-14-12(21)4-9(6-30-14)19(25,26)27/h3-7,10H,1-2H2,(H,28,29)(H,30,33)(H,32,35,37)/b31-7+. The molecule has 1 saturated heterocycles. The van der Waals surface area contributed by atoms with Gasteiger partial charge < -0.3 is 5.32 Å². The van der Waals surface area contributed by atoms with E-state index in [0.717, 1.165) is 6.21 Å². The van der Waals surface area contributed by atoms with Gasteiger partial charge in [-0.05, 0) is 12.1 Å². The number of rotatable bonds is 7. The van der Waals surface area contributed by atoms with E-state index >= 15 is 0 Å². The number of pyridine rings is 2. The molecule has 18 heteroatoms. The highest BCUT2D eigenvalue weighted by Gasteiger charge is 2.39. The van der Waals surface area contributed by atoms with Gasteiger partial charge >= 0.3 is 18.4 Å². The minimum absolute atomic E-state index is 0.140. The number of urea groups is 1. The number of nitrogens with one attached hydrogen (secondary N) is 3. The van der Waals surface area contributed by atoms with Crippen molar-refractivity contribution >= 4 is 58.9 Å². The van der Waals surface area contributed by atoms with Crippen molar-refractivity contribution in [2.24, 2.45) is 11.0 Å². The van der Waals surface area contributed by atoms with Gasteiger partial charge in [0.2, 0.25) is 11.8 Å². The van der Waals surface area contributed by atoms with Crippen LogP contribution in [0.3, 0.4) is 0 Å². The van der Waals surface area contributed by atoms with Crippen LogP contribution >= 0.6 is 23.2 Å². The molecule has 37 heavy (non-hydrogen) atoms. The van der Waals surface area contributed by atoms with Crippen LogP contribution in [0.15, 0.2) is 29.6 Å². The Morgan fingerprint density at radius 2 is 1.51 bits per heavy atom. The van der Waals surface area contributed by atoms with Crippen molar-refractivity contribution in [2.45, 2.75) is 12.4 Å². The SMILES string of the molecule is O=C1NC(=O)N(CCNc2ncc(C(F)(F)F)cc2Cl)C(=O)C1/C=N/Nc1ncc(C(F)(F)F)cc1Cl. The maximum atomic E-state index is 12.7. The second-order valence-electron chi connectivity index (χ2n) is 7.18. The van der Waals surface area contributed by atoms with E-state index in [2.05, 4.69) is 25.8 Å². The number of carbonyl (C=O) groups excluding carboxylic acids is 3. The number of carbonyl (C=O) groups is 3. The van der Waals surface area contributed by atoms with Crippen LogP contribution in [0.5, 0.6) is 0 Å². The van der Waals surface area contributed by atoms with Gasteiger partial charge in [0, 0.05) is 31.7 Å². The van der Waals surface area contributed by atoms with Crippen molar-refractivity contribution in [3.8, 4) is 0 Å². The summed E-state index contributed by atoms with van der Waals surface area (Å²) in [4.78, 5) is 44.5. The highest BCUT2D eigenvalue weighted by atomic mass is 35.5. The minimum atomic E-state index is -4.68. The lowest BCUT2D eigenvalue weighted by Gasteiger charge is -2.28. The molecule has 2 aromatic heterocycles. The molecule has 0 radical (unpaired) electrons. The number of hydrazone groups is 1. The van der Waals surface area contributed by atoms with Crippen molar-refractivity contribution in [3.05, 3.63) is 45.7 Å². The molecule has 0 aliphatic carbocycles. The molecule has 4 amide bonds. The lowest BCUT2D eigenvalue weighted by molar-refractivity contribution is -0.140. The second-order valence-corrected chi connectivity index (χ2v) is 8.00. The zero-order valence-corrected chi connectivity index (χ0v) is 19.4. The van der Waals surface area contributed by atoms with Crippen LogP contribution in [0, 0.1) is 5.92 Å². The fourth-order valence-electron chi connectivity index (χ4n) is 2.83. The molecule has 0 bridgehead atoms. The summed E-state index contributed by atoms with van der Waals surface area (Å²) in [5.74, 6) is -4.07. The van der Waals surface area contributed by atoms with Crippen molar-refractivity contribution in [1.82, 2.24) is 20.2 Å². The maximum absolute atomic E-state index is 12.7. The van der Waals surface area contributed by atoms with Gasteiger partial charge in [0.15, 0.2) is 11.7 Å². The number of alkyl halides is 6. The third-order valence-corrected chi connectivity index (χ3v) is 5.22. The fraction of sp³-hybridized carbons (Fsp3) is 0.263. The van der Waals surface area contributed by atoms with Crippen LogP contribution in [-0.4, -0.2) is 52.0 Å². The van der Waals surface area contributed by atoms with Crippen molar-refractivity contribution in [2.75, 3.05) is 23.8 Å². The Balaban J connectivity index is 1.63. The number of anilines is 2. The zero-order chi connectivity index (χ0) is 27.5. The van der Waals surface area contributed by atoms with E-state index < -0.39 is 52.3 Å². The largest absolute Gasteiger partial charge is 0.417 e. The Labute approximate surface area is 213 Å². The number of amides is 4. The van der Waals surface area contributed by atoms with E-state index in [4.69, 9.17) is 23.2 Å². The summed E-state index contributed by atoms with van der Waals surface area (Å²) in [7, 11) is 0. The van der Waals surface area contributed by atoms with Crippen LogP contribution in [0.1, 0.15) is 11.1 Å². The topological polar surface area (TPSA) is 129 Å². The zero-order valence-electron chi connectivity index (χ0n) is 17.9. The molecule has 0 saturated carbocycles. The third-order valence-electron chi connectivity index (χ3n) is 4.65. The summed E-state index contributed by atoms with van der Waals surface area (Å²) in [6.45, 7) is -0.542. The molecule has 1 atom stereocenters. The van der Waals surface area contributed by atoms with E-state index in [0.29, 0.717) is 29.4 Å². The highest BCUT2D eigenvalue weighted by Crippen LogP contribution is 2.33. The van der Waals surface area contributed by atoms with E-state index in [1.165, 1.54) is 0 Å². The average molecular weight is 572 g/mol. The van der Waals surface area contributed by atoms with Crippen LogP contribution in [-0.2, 0) is 21.9 Å². The molecule has 0 spiro atoms. The summed E-state index contributed by atoms with van der Waals surface area (Å²) < 4.78 is 76.2. The summed E-state index contributed by atoms with van der Waals surface area (Å²) in [5, 5.41) is 7.29. The van der Waals surface area contributed by atoms with Gasteiger partial charge in [0.1, 0.15) is 5.82 Å². The van der Waals surface area contributed by atoms with Crippen LogP contribution in [0.25, 0.3) is 0 Å². The van der Waals surface area contributed by atoms with Gasteiger partial charge in [-0.25, -0.2) is 14.8 Å². The van der Waals surface area contributed by atoms with E-state index in [1.54, 1.807) is 0 Å². The quantitative estimate of drug-likeness (QED) is 0.198. The number of barbiturate groups is 1. The summed E-state index contributed by atoms with van der Waals surface area (Å²) in [6, 6.07) is 0.176. The number of hydrogen-bond acceptors (Lipinski definition) is 8. The second kappa shape index (κ2) is 10.8. The lowest BCUT2D eigenvalue weighted by Crippen LogP contribution is -2.59. The molecule has 3 N–H and O–H groups in total. The number of imide groups is 2. The first-order valence-corrected chi connectivity index (χ1v) is 10.6. The van der Waals surface area contributed by atoms with Gasteiger partial charge in [0.05, 0.1) is 21.2 Å². The van der Waals surface area contributed by atoms with Crippen molar-refractivity contribution in [1.29, 1.82) is 0 Å². The Kier molecular flexibility index (Phi) is 8.12. The predicted molar refractivity (Wildman–Crippen MR) is 118 cm³/mol. The van der Waals surface area contributed by atoms with Gasteiger partial charge in [-0.1, -0.05) is 23.2 Å². The highest BCUT2D eigenvalue weighted by molar-refractivity contribution is 6.33. The Morgan fingerprint density at radius 3 is 2.03 bits per heavy atom. The van der Waals surface area contributed by atoms with Crippen molar-refractivity contribution < 1.29 is 40.7 Å². The Morgan fingerprint density at radius 1 is 0.973 bits per heavy atom. The number of nitrogens with zero attached hydrogens (tertiary/aromatic N) is 4. The van der Waals surface area contributed by atoms with Crippen LogP contribution in [0.2, 0.25) is 10.0 Å². The first-order valence-electron chi connectivity index (χ1n) is 9.83. The van der Waals surface area contributed by atoms with Crippen LogP contribution in [0.4, 0.5) is 42.8 Å². The van der Waals surface area contributed by atoms with Crippen LogP contribution < -0.4 is 16.1 Å². The molecule has 1 aliphatic heterocycles. The Hall–Kier alpha value is -3.66. The molecule has 1 unspecified atom stereocenters. The smallest absolute Gasteiger partial charge is 0.367 e. The normalized spacial score (nSPS) is 16.8. The van der Waals surface area contributed by atoms with Crippen molar-refractivity contribution in [3.63, 3.8) is 0 Å². The fourth-order valence-corrected chi connectivity index (χ4v) is 3.27. The number of hydrogen-bond donors (Lipinski definition) is 3. The van der Waals surface area contributed by atoms with E-state index in [1.807, 2.05) is 5.32 Å². The summed E-state index contributed by atoms with van der Waals surface area (Å²) in [5.41, 5.74) is 0.0196. The van der Waals surface area contributed by atoms with Gasteiger partial charge in [-0.2, -0.15) is 31.4 Å². The van der Waals surface area contributed by atoms with E-state index in [9.17, 15) is 40.7 Å². The van der Waals surface area contributed by atoms with Gasteiger partial charge in [-0.3, -0.25) is 25.2 Å². The number of halogens is 8. The maximum Gasteiger partial charge on any atom is 0.417 e. The molecule has 198 valence electrons. The average Bonchev–Trinajstić information content (AvgIpc) is 2.78. The van der Waals surface area contributed by atoms with Gasteiger partial charge in [0.25, 0.3) is 0 Å². The summed E-state index contributed by atoms with van der Waals surface area (Å²) in [6.07, 6.45) is -7.51. The summed E-state index contributed by atoms with van der Waals surface area (Å²) >= 11 is 11.5. The first-order chi connectivity index (χ1) is 17.2. The van der Waals surface area contributed by atoms with E-state index in [-0.39, 0.29) is 29.7 Å². The lowest BCUT2D eigenvalue weighted by atomic mass is 10.1. The molecule has 2 aromatic rings. The van der Waals surface area contributed by atoms with Gasteiger partial charge in [-0.15, -0.1) is 0 Å². The molecular weight excluding hydrogens is 559 g/mol. The molecule has 1 aliphatic rings. The molecule has 0 aromatic carbocycles. The molecule has 3 rings (SSSR count). The predicted octanol–water partition coefficient (Wildman–Crippen LogP) is 4.03. The molecular formula is C19H13Cl2F6N7O3. The molecule has 3 heterocycles. The molecule has 1 fully saturated rings. The minimum Gasteiger partial charge on any atom is -0.367 e.